The lowest BCUT2D eigenvalue weighted by atomic mass is 9.96. The van der Waals surface area contributed by atoms with Crippen LogP contribution in [-0.2, 0) is 0 Å². The van der Waals surface area contributed by atoms with E-state index >= 15 is 0 Å². The van der Waals surface area contributed by atoms with Gasteiger partial charge in [0.25, 0.3) is 5.91 Å². The number of nitrogens with zero attached hydrogens (tertiary/aromatic N) is 4. The van der Waals surface area contributed by atoms with Crippen LogP contribution in [0.15, 0.2) is 42.6 Å². The number of likely N-dealkylation sites (tertiary alicyclic amines) is 1. The zero-order valence-electron chi connectivity index (χ0n) is 14.2. The molecule has 1 aromatic carbocycles. The Morgan fingerprint density at radius 3 is 3.00 bits per heavy atom. The molecule has 2 aromatic heterocycles. The molecule has 1 saturated heterocycles. The van der Waals surface area contributed by atoms with Gasteiger partial charge in [-0.1, -0.05) is 12.1 Å². The molecular formula is C19H21N5O. The van der Waals surface area contributed by atoms with E-state index in [1.54, 1.807) is 6.07 Å². The summed E-state index contributed by atoms with van der Waals surface area (Å²) in [7, 11) is 0. The number of carbonyl (C=O) groups is 1. The van der Waals surface area contributed by atoms with Gasteiger partial charge in [-0.3, -0.25) is 9.20 Å². The summed E-state index contributed by atoms with van der Waals surface area (Å²) in [6, 6.07) is 11.4. The van der Waals surface area contributed by atoms with Crippen molar-refractivity contribution in [1.82, 2.24) is 19.5 Å². The molecule has 0 bridgehead atoms. The molecule has 3 heterocycles. The number of anilines is 1. The molecule has 0 radical (unpaired) electrons. The van der Waals surface area contributed by atoms with Gasteiger partial charge in [0.05, 0.1) is 0 Å². The smallest absolute Gasteiger partial charge is 0.254 e. The first-order chi connectivity index (χ1) is 12.1. The van der Waals surface area contributed by atoms with Gasteiger partial charge in [0.15, 0.2) is 5.65 Å². The molecule has 0 aliphatic carbocycles. The number of benzene rings is 1. The van der Waals surface area contributed by atoms with Crippen molar-refractivity contribution in [1.29, 1.82) is 0 Å². The molecule has 1 amide bonds. The number of piperidine rings is 1. The molecule has 6 heteroatoms. The van der Waals surface area contributed by atoms with E-state index in [1.807, 2.05) is 52.8 Å². The Morgan fingerprint density at radius 2 is 2.12 bits per heavy atom. The fourth-order valence-electron chi connectivity index (χ4n) is 3.55. The van der Waals surface area contributed by atoms with Gasteiger partial charge in [-0.25, -0.2) is 0 Å². The number of aromatic nitrogens is 3. The van der Waals surface area contributed by atoms with Crippen molar-refractivity contribution in [2.75, 3.05) is 18.8 Å². The van der Waals surface area contributed by atoms with Crippen LogP contribution in [0.25, 0.3) is 5.65 Å². The highest BCUT2D eigenvalue weighted by atomic mass is 16.2. The van der Waals surface area contributed by atoms with E-state index in [4.69, 9.17) is 5.73 Å². The fraction of sp³-hybridized carbons (Fsp3) is 0.316. The van der Waals surface area contributed by atoms with Gasteiger partial charge in [0.2, 0.25) is 0 Å². The second kappa shape index (κ2) is 6.20. The Kier molecular flexibility index (Phi) is 3.87. The van der Waals surface area contributed by atoms with Gasteiger partial charge >= 0.3 is 0 Å². The third-order valence-corrected chi connectivity index (χ3v) is 4.91. The summed E-state index contributed by atoms with van der Waals surface area (Å²) in [5.41, 5.74) is 8.97. The Morgan fingerprint density at radius 1 is 1.24 bits per heavy atom. The number of hydrogen-bond acceptors (Lipinski definition) is 4. The summed E-state index contributed by atoms with van der Waals surface area (Å²) in [6.07, 6.45) is 3.95. The SMILES string of the molecule is Cc1ccc(N)cc1C(=O)N1CCCC(c2nnc3ccccn23)C1. The van der Waals surface area contributed by atoms with E-state index in [0.717, 1.165) is 36.4 Å². The number of nitrogen functional groups attached to an aromatic ring is 1. The Bertz CT molecular complexity index is 932. The van der Waals surface area contributed by atoms with Crippen molar-refractivity contribution in [3.63, 3.8) is 0 Å². The van der Waals surface area contributed by atoms with Gasteiger partial charge in [0.1, 0.15) is 5.82 Å². The molecule has 6 nitrogen and oxygen atoms in total. The Labute approximate surface area is 146 Å². The van der Waals surface area contributed by atoms with Crippen LogP contribution < -0.4 is 5.73 Å². The standard InChI is InChI=1S/C19H21N5O/c1-13-7-8-15(20)11-16(13)19(25)23-9-4-5-14(12-23)18-22-21-17-6-2-3-10-24(17)18/h2-3,6-8,10-11,14H,4-5,9,12,20H2,1H3. The molecule has 1 unspecified atom stereocenters. The average Bonchev–Trinajstić information content (AvgIpc) is 3.07. The number of fused-ring (bicyclic) bond motifs is 1. The number of aryl methyl sites for hydroxylation is 1. The number of rotatable bonds is 2. The second-order valence-corrected chi connectivity index (χ2v) is 6.65. The number of pyridine rings is 1. The summed E-state index contributed by atoms with van der Waals surface area (Å²) in [5.74, 6) is 1.16. The summed E-state index contributed by atoms with van der Waals surface area (Å²) in [4.78, 5) is 14.9. The monoisotopic (exact) mass is 335 g/mol. The number of amides is 1. The van der Waals surface area contributed by atoms with Gasteiger partial charge in [-0.2, -0.15) is 0 Å². The predicted octanol–water partition coefficient (Wildman–Crippen LogP) is 2.64. The first kappa shape index (κ1) is 15.6. The zero-order chi connectivity index (χ0) is 17.4. The van der Waals surface area contributed by atoms with Crippen LogP contribution in [-0.4, -0.2) is 38.5 Å². The molecule has 3 aromatic rings. The highest BCUT2D eigenvalue weighted by molar-refractivity contribution is 5.96. The second-order valence-electron chi connectivity index (χ2n) is 6.65. The molecule has 25 heavy (non-hydrogen) atoms. The van der Waals surface area contributed by atoms with Crippen LogP contribution in [0.2, 0.25) is 0 Å². The van der Waals surface area contributed by atoms with E-state index in [0.29, 0.717) is 17.8 Å². The summed E-state index contributed by atoms with van der Waals surface area (Å²) >= 11 is 0. The number of hydrogen-bond donors (Lipinski definition) is 1. The quantitative estimate of drug-likeness (QED) is 0.731. The van der Waals surface area contributed by atoms with E-state index < -0.39 is 0 Å². The van der Waals surface area contributed by atoms with Crippen LogP contribution in [0.5, 0.6) is 0 Å². The normalized spacial score (nSPS) is 17.8. The van der Waals surface area contributed by atoms with E-state index in [9.17, 15) is 4.79 Å². The molecule has 0 spiro atoms. The van der Waals surface area contributed by atoms with Crippen molar-refractivity contribution >= 4 is 17.2 Å². The lowest BCUT2D eigenvalue weighted by molar-refractivity contribution is 0.0703. The maximum Gasteiger partial charge on any atom is 0.254 e. The fourth-order valence-corrected chi connectivity index (χ4v) is 3.55. The highest BCUT2D eigenvalue weighted by Gasteiger charge is 2.29. The van der Waals surface area contributed by atoms with Gasteiger partial charge in [0, 0.05) is 36.5 Å². The summed E-state index contributed by atoms with van der Waals surface area (Å²) in [5, 5.41) is 8.61. The first-order valence-corrected chi connectivity index (χ1v) is 8.58. The van der Waals surface area contributed by atoms with Crippen LogP contribution in [0.1, 0.15) is 40.5 Å². The minimum atomic E-state index is 0.0447. The van der Waals surface area contributed by atoms with Crippen LogP contribution in [0.4, 0.5) is 5.69 Å². The Hall–Kier alpha value is -2.89. The molecule has 0 saturated carbocycles. The van der Waals surface area contributed by atoms with Crippen LogP contribution >= 0.6 is 0 Å². The van der Waals surface area contributed by atoms with Crippen molar-refractivity contribution in [3.05, 3.63) is 59.5 Å². The summed E-state index contributed by atoms with van der Waals surface area (Å²) < 4.78 is 2.02. The minimum absolute atomic E-state index is 0.0447. The topological polar surface area (TPSA) is 76.5 Å². The van der Waals surface area contributed by atoms with Crippen LogP contribution in [0, 0.1) is 6.92 Å². The summed E-state index contributed by atoms with van der Waals surface area (Å²) in [6.45, 7) is 3.36. The third kappa shape index (κ3) is 2.84. The van der Waals surface area contributed by atoms with Crippen molar-refractivity contribution in [3.8, 4) is 0 Å². The Balaban J connectivity index is 1.61. The molecule has 128 valence electrons. The van der Waals surface area contributed by atoms with Crippen molar-refractivity contribution in [2.24, 2.45) is 0 Å². The minimum Gasteiger partial charge on any atom is -0.399 e. The molecular weight excluding hydrogens is 314 g/mol. The number of carbonyl (C=O) groups excluding carboxylic acids is 1. The van der Waals surface area contributed by atoms with Crippen molar-refractivity contribution in [2.45, 2.75) is 25.7 Å². The van der Waals surface area contributed by atoms with E-state index in [2.05, 4.69) is 10.2 Å². The average molecular weight is 335 g/mol. The van der Waals surface area contributed by atoms with Crippen molar-refractivity contribution < 1.29 is 4.79 Å². The maximum absolute atomic E-state index is 13.0. The third-order valence-electron chi connectivity index (χ3n) is 4.91. The van der Waals surface area contributed by atoms with E-state index in [1.165, 1.54) is 0 Å². The number of nitrogens with two attached hydrogens (primary N) is 1. The molecule has 1 fully saturated rings. The van der Waals surface area contributed by atoms with Gasteiger partial charge in [-0.15, -0.1) is 10.2 Å². The lowest BCUT2D eigenvalue weighted by Gasteiger charge is -2.32. The zero-order valence-corrected chi connectivity index (χ0v) is 14.2. The predicted molar refractivity (Wildman–Crippen MR) is 96.5 cm³/mol. The highest BCUT2D eigenvalue weighted by Crippen LogP contribution is 2.27. The molecule has 1 aliphatic rings. The molecule has 1 aliphatic heterocycles. The maximum atomic E-state index is 13.0. The van der Waals surface area contributed by atoms with Crippen LogP contribution in [0.3, 0.4) is 0 Å². The largest absolute Gasteiger partial charge is 0.399 e. The van der Waals surface area contributed by atoms with E-state index in [-0.39, 0.29) is 11.8 Å². The molecule has 1 atom stereocenters. The van der Waals surface area contributed by atoms with Gasteiger partial charge < -0.3 is 10.6 Å². The first-order valence-electron chi connectivity index (χ1n) is 8.58. The molecule has 4 rings (SSSR count). The molecule has 2 N–H and O–H groups in total. The van der Waals surface area contributed by atoms with Gasteiger partial charge in [-0.05, 0) is 49.6 Å². The lowest BCUT2D eigenvalue weighted by Crippen LogP contribution is -2.39.